The average molecular weight is 499 g/mol. The van der Waals surface area contributed by atoms with Gasteiger partial charge in [0.05, 0.1) is 11.2 Å². The van der Waals surface area contributed by atoms with E-state index < -0.39 is 0 Å². The highest BCUT2D eigenvalue weighted by Crippen LogP contribution is 2.35. The third-order valence-electron chi connectivity index (χ3n) is 7.82. The van der Waals surface area contributed by atoms with E-state index in [1.54, 1.807) is 6.20 Å². The Hall–Kier alpha value is -4.29. The SMILES string of the molecule is c1cncc(-c2cccc3[nH]c(-c4n[nH]c5ccc(-c6cncc(CNCC7CCCC7)c6)cc45)cc23)c1. The number of nitrogens with zero attached hydrogens (tertiary/aromatic N) is 3. The number of hydrogen-bond donors (Lipinski definition) is 3. The van der Waals surface area contributed by atoms with Gasteiger partial charge in [0.1, 0.15) is 5.69 Å². The molecule has 0 amide bonds. The molecular weight excluding hydrogens is 468 g/mol. The maximum atomic E-state index is 4.70. The molecule has 0 aliphatic heterocycles. The van der Waals surface area contributed by atoms with Gasteiger partial charge in [-0.3, -0.25) is 15.1 Å². The van der Waals surface area contributed by atoms with Crippen molar-refractivity contribution in [2.24, 2.45) is 5.92 Å². The topological polar surface area (TPSA) is 82.3 Å². The fourth-order valence-corrected chi connectivity index (χ4v) is 5.83. The Bertz CT molecular complexity index is 1710. The first-order chi connectivity index (χ1) is 18.8. The minimum Gasteiger partial charge on any atom is -0.353 e. The van der Waals surface area contributed by atoms with Crippen LogP contribution in [0.25, 0.3) is 55.4 Å². The second-order valence-corrected chi connectivity index (χ2v) is 10.4. The van der Waals surface area contributed by atoms with Crippen molar-refractivity contribution in [3.8, 4) is 33.6 Å². The normalized spacial score (nSPS) is 14.1. The zero-order valence-electron chi connectivity index (χ0n) is 21.2. The fraction of sp³-hybridized carbons (Fsp3) is 0.219. The molecule has 0 saturated heterocycles. The molecule has 0 atom stereocenters. The van der Waals surface area contributed by atoms with Gasteiger partial charge < -0.3 is 10.3 Å². The van der Waals surface area contributed by atoms with Crippen LogP contribution in [-0.2, 0) is 6.54 Å². The molecule has 0 spiro atoms. The number of rotatable bonds is 7. The van der Waals surface area contributed by atoms with Crippen molar-refractivity contribution >= 4 is 21.8 Å². The highest BCUT2D eigenvalue weighted by molar-refractivity contribution is 6.01. The summed E-state index contributed by atoms with van der Waals surface area (Å²) in [6.07, 6.45) is 13.1. The highest BCUT2D eigenvalue weighted by Gasteiger charge is 2.16. The molecule has 3 N–H and O–H groups in total. The maximum absolute atomic E-state index is 4.70. The predicted molar refractivity (Wildman–Crippen MR) is 154 cm³/mol. The number of hydrogen-bond acceptors (Lipinski definition) is 4. The van der Waals surface area contributed by atoms with Crippen molar-refractivity contribution in [1.82, 2.24) is 30.5 Å². The molecule has 1 fully saturated rings. The summed E-state index contributed by atoms with van der Waals surface area (Å²) in [5.41, 5.74) is 9.72. The Balaban J connectivity index is 1.20. The van der Waals surface area contributed by atoms with Gasteiger partial charge in [-0.2, -0.15) is 5.10 Å². The molecule has 1 aliphatic carbocycles. The number of nitrogens with one attached hydrogen (secondary N) is 3. The molecule has 6 aromatic rings. The minimum atomic E-state index is 0.832. The standard InChI is InChI=1S/C32H30N6/c1-2-6-21(5-1)16-34-17-22-13-25(20-35-18-22)23-10-11-30-28(14-23)32(38-37-30)31-15-27-26(8-3-9-29(27)36-31)24-7-4-12-33-19-24/h3-4,7-15,18-21,34,36H,1-2,5-6,16-17H2,(H,37,38). The molecule has 0 unspecified atom stereocenters. The summed E-state index contributed by atoms with van der Waals surface area (Å²) in [5, 5.41) is 13.8. The molecule has 0 bridgehead atoms. The van der Waals surface area contributed by atoms with Crippen LogP contribution >= 0.6 is 0 Å². The Morgan fingerprint density at radius 2 is 1.71 bits per heavy atom. The summed E-state index contributed by atoms with van der Waals surface area (Å²) >= 11 is 0. The van der Waals surface area contributed by atoms with Gasteiger partial charge in [-0.15, -0.1) is 0 Å². The number of H-pyrrole nitrogens is 2. The lowest BCUT2D eigenvalue weighted by Crippen LogP contribution is -2.20. The Morgan fingerprint density at radius 3 is 2.61 bits per heavy atom. The first-order valence-electron chi connectivity index (χ1n) is 13.5. The van der Waals surface area contributed by atoms with Gasteiger partial charge in [0, 0.05) is 58.7 Å². The summed E-state index contributed by atoms with van der Waals surface area (Å²) in [4.78, 5) is 12.5. The Labute approximate surface area is 221 Å². The third-order valence-corrected chi connectivity index (χ3v) is 7.82. The van der Waals surface area contributed by atoms with Crippen LogP contribution < -0.4 is 5.32 Å². The number of benzene rings is 2. The number of aromatic amines is 2. The predicted octanol–water partition coefficient (Wildman–Crippen LogP) is 7.12. The zero-order valence-corrected chi connectivity index (χ0v) is 21.2. The van der Waals surface area contributed by atoms with Crippen molar-refractivity contribution in [2.75, 3.05) is 6.54 Å². The van der Waals surface area contributed by atoms with E-state index in [9.17, 15) is 0 Å². The Morgan fingerprint density at radius 1 is 0.789 bits per heavy atom. The van der Waals surface area contributed by atoms with Crippen LogP contribution in [0.3, 0.4) is 0 Å². The van der Waals surface area contributed by atoms with E-state index in [0.29, 0.717) is 0 Å². The highest BCUT2D eigenvalue weighted by atomic mass is 15.1. The van der Waals surface area contributed by atoms with E-state index in [0.717, 1.165) is 74.5 Å². The van der Waals surface area contributed by atoms with Gasteiger partial charge in [0.15, 0.2) is 0 Å². The van der Waals surface area contributed by atoms with Crippen molar-refractivity contribution in [2.45, 2.75) is 32.2 Å². The summed E-state index contributed by atoms with van der Waals surface area (Å²) in [6.45, 7) is 1.95. The number of fused-ring (bicyclic) bond motifs is 2. The van der Waals surface area contributed by atoms with Crippen molar-refractivity contribution in [3.63, 3.8) is 0 Å². The molecule has 4 aromatic heterocycles. The number of pyridine rings is 2. The summed E-state index contributed by atoms with van der Waals surface area (Å²) in [6, 6.07) is 21.3. The van der Waals surface area contributed by atoms with Crippen LogP contribution in [0, 0.1) is 5.92 Å². The summed E-state index contributed by atoms with van der Waals surface area (Å²) in [7, 11) is 0. The molecule has 6 nitrogen and oxygen atoms in total. The first-order valence-corrected chi connectivity index (χ1v) is 13.5. The zero-order chi connectivity index (χ0) is 25.3. The molecule has 1 aliphatic rings. The van der Waals surface area contributed by atoms with Crippen LogP contribution in [-0.4, -0.2) is 31.7 Å². The molecule has 1 saturated carbocycles. The van der Waals surface area contributed by atoms with Crippen molar-refractivity contribution < 1.29 is 0 Å². The monoisotopic (exact) mass is 498 g/mol. The lowest BCUT2D eigenvalue weighted by atomic mass is 10.0. The van der Waals surface area contributed by atoms with Crippen LogP contribution in [0.1, 0.15) is 31.2 Å². The average Bonchev–Trinajstić information content (AvgIpc) is 3.73. The molecule has 2 aromatic carbocycles. The van der Waals surface area contributed by atoms with Crippen LogP contribution in [0.5, 0.6) is 0 Å². The van der Waals surface area contributed by atoms with Gasteiger partial charge in [0.2, 0.25) is 0 Å². The van der Waals surface area contributed by atoms with Gasteiger partial charge in [-0.05, 0) is 78.4 Å². The lowest BCUT2D eigenvalue weighted by Gasteiger charge is -2.11. The van der Waals surface area contributed by atoms with E-state index in [2.05, 4.69) is 80.0 Å². The van der Waals surface area contributed by atoms with E-state index >= 15 is 0 Å². The van der Waals surface area contributed by atoms with Crippen LogP contribution in [0.15, 0.2) is 85.5 Å². The van der Waals surface area contributed by atoms with E-state index in [4.69, 9.17) is 5.10 Å². The summed E-state index contributed by atoms with van der Waals surface area (Å²) in [5.74, 6) is 0.832. The quantitative estimate of drug-likeness (QED) is 0.219. The molecule has 7 rings (SSSR count). The molecule has 6 heteroatoms. The smallest absolute Gasteiger partial charge is 0.116 e. The van der Waals surface area contributed by atoms with Gasteiger partial charge in [0.25, 0.3) is 0 Å². The van der Waals surface area contributed by atoms with Gasteiger partial charge in [-0.25, -0.2) is 0 Å². The van der Waals surface area contributed by atoms with Crippen LogP contribution in [0.2, 0.25) is 0 Å². The van der Waals surface area contributed by atoms with E-state index in [-0.39, 0.29) is 0 Å². The second kappa shape index (κ2) is 9.88. The first kappa shape index (κ1) is 22.9. The Kier molecular flexibility index (Phi) is 5.94. The molecule has 4 heterocycles. The largest absolute Gasteiger partial charge is 0.353 e. The van der Waals surface area contributed by atoms with E-state index in [1.165, 1.54) is 31.2 Å². The van der Waals surface area contributed by atoms with E-state index in [1.807, 2.05) is 24.7 Å². The molecule has 188 valence electrons. The molecular formula is C32H30N6. The number of aromatic nitrogens is 5. The van der Waals surface area contributed by atoms with Gasteiger partial charge >= 0.3 is 0 Å². The maximum Gasteiger partial charge on any atom is 0.116 e. The van der Waals surface area contributed by atoms with Crippen molar-refractivity contribution in [3.05, 3.63) is 91.0 Å². The summed E-state index contributed by atoms with van der Waals surface area (Å²) < 4.78 is 0. The van der Waals surface area contributed by atoms with Crippen LogP contribution in [0.4, 0.5) is 0 Å². The molecule has 38 heavy (non-hydrogen) atoms. The van der Waals surface area contributed by atoms with Gasteiger partial charge in [-0.1, -0.05) is 37.1 Å². The fourth-order valence-electron chi connectivity index (χ4n) is 5.83. The second-order valence-electron chi connectivity index (χ2n) is 10.4. The lowest BCUT2D eigenvalue weighted by molar-refractivity contribution is 0.489. The van der Waals surface area contributed by atoms with Crippen molar-refractivity contribution in [1.29, 1.82) is 0 Å². The molecule has 0 radical (unpaired) electrons. The third kappa shape index (κ3) is 4.37. The minimum absolute atomic E-state index is 0.832.